The minimum atomic E-state index is -2.88. The molecule has 0 saturated carbocycles. The molecule has 0 bridgehead atoms. The fraction of sp³-hybridized carbons (Fsp3) is 1.00. The summed E-state index contributed by atoms with van der Waals surface area (Å²) in [5, 5.41) is 12.1. The Morgan fingerprint density at radius 3 is 1.19 bits per heavy atom. The molecule has 2 heterocycles. The molecule has 4 atom stereocenters. The maximum Gasteiger partial charge on any atom is 1.00 e. The van der Waals surface area contributed by atoms with Gasteiger partial charge in [-0.1, -0.05) is 6.41 Å². The molecule has 0 amide bonds. The summed E-state index contributed by atoms with van der Waals surface area (Å²) in [4.78, 5) is 0. The molecule has 0 fully saturated rings. The summed E-state index contributed by atoms with van der Waals surface area (Å²) >= 11 is 43.3. The van der Waals surface area contributed by atoms with E-state index in [1.54, 1.807) is 13.7 Å². The van der Waals surface area contributed by atoms with Crippen molar-refractivity contribution in [1.29, 1.82) is 0 Å². The maximum absolute atomic E-state index is 5.61. The van der Waals surface area contributed by atoms with E-state index in [1.807, 2.05) is 0 Å². The number of nitrogens with one attached hydrogen (secondary N) is 4. The van der Waals surface area contributed by atoms with Gasteiger partial charge in [-0.25, -0.2) is 0 Å². The normalized spacial score (nSPS) is 32.2. The van der Waals surface area contributed by atoms with E-state index in [9.17, 15) is 0 Å². The molecule has 4 unspecified atom stereocenters. The van der Waals surface area contributed by atoms with E-state index in [1.165, 1.54) is 0 Å². The number of hydrogen-bond acceptors (Lipinski definition) is 18. The van der Waals surface area contributed by atoms with Crippen LogP contribution >= 0.6 is 37.3 Å². The van der Waals surface area contributed by atoms with Gasteiger partial charge in [-0.15, -0.1) is 0 Å². The second-order valence-electron chi connectivity index (χ2n) is 5.17. The first-order valence-corrected chi connectivity index (χ1v) is 25.6. The van der Waals surface area contributed by atoms with Crippen LogP contribution in [-0.4, -0.2) is 27.0 Å². The fourth-order valence-corrected chi connectivity index (χ4v) is 36.6. The molecule has 2 aliphatic heterocycles. The molecule has 0 aromatic rings. The van der Waals surface area contributed by atoms with Gasteiger partial charge in [0.05, 0.1) is 6.67 Å². The van der Waals surface area contributed by atoms with Crippen molar-refractivity contribution in [3.05, 3.63) is 0 Å². The van der Waals surface area contributed by atoms with E-state index >= 15 is 0 Å². The number of nitrogens with zero attached hydrogens (tertiary/aromatic N) is 6. The minimum absolute atomic E-state index is 0. The number of rotatable bonds is 7. The first-order chi connectivity index (χ1) is 12.5. The SMILES string of the molecule is CNCNP1([S-])=NP([S-])([S-])=NP([S-])(NCNP2([S-])=NP([S-])([S-])=NP(C)([S-])=N2)=N1.[Na+].[Na+].[Na+].[Na+].[Na+].[Na+].[Na+].[Na+]. The van der Waals surface area contributed by atoms with E-state index in [-0.39, 0.29) is 243 Å². The molecule has 32 heteroatoms. The Morgan fingerprint density at radius 2 is 0.806 bits per heavy atom. The van der Waals surface area contributed by atoms with E-state index < -0.39 is 37.3 Å². The molecule has 166 valence electrons. The average Bonchev–Trinajstić information content (AvgIpc) is 2.37. The van der Waals surface area contributed by atoms with Gasteiger partial charge in [-0.05, 0) is 13.7 Å². The molecule has 0 aromatic heterocycles. The van der Waals surface area contributed by atoms with E-state index in [0.29, 0.717) is 6.67 Å². The maximum atomic E-state index is 5.61. The molecule has 2 rings (SSSR count). The summed E-state index contributed by atoms with van der Waals surface area (Å²) in [5.74, 6) is 0. The van der Waals surface area contributed by atoms with Crippen LogP contribution in [0.25, 0.3) is 0 Å². The molecule has 2 aliphatic rings. The zero-order chi connectivity index (χ0) is 21.5. The Balaban J connectivity index is -0.000000210. The van der Waals surface area contributed by atoms with Crippen molar-refractivity contribution in [3.63, 3.8) is 0 Å². The van der Waals surface area contributed by atoms with Gasteiger partial charge >= 0.3 is 236 Å². The third kappa shape index (κ3) is 25.1. The Kier molecular flexibility index (Phi) is 48.4. The largest absolute Gasteiger partial charge is 1.00 e. The predicted octanol–water partition coefficient (Wildman–Crippen LogP) is -19.3. The molecular formula is C4H14N10Na8P6S8. The second kappa shape index (κ2) is 27.6. The Hall–Kier alpha value is 12.0. The molecule has 0 spiro atoms. The molecule has 0 aliphatic carbocycles. The van der Waals surface area contributed by atoms with Crippen molar-refractivity contribution in [2.75, 3.05) is 27.0 Å². The summed E-state index contributed by atoms with van der Waals surface area (Å²) in [7, 11) is 1.76. The zero-order valence-corrected chi connectivity index (χ0v) is 49.9. The third-order valence-corrected chi connectivity index (χ3v) is 28.0. The van der Waals surface area contributed by atoms with Crippen LogP contribution in [-0.2, 0) is 98.0 Å². The Morgan fingerprint density at radius 1 is 0.472 bits per heavy atom. The summed E-state index contributed by atoms with van der Waals surface area (Å²) in [5.41, 5.74) is -5.57. The van der Waals surface area contributed by atoms with Crippen molar-refractivity contribution >= 4 is 135 Å². The van der Waals surface area contributed by atoms with Gasteiger partial charge in [0.15, 0.2) is 0 Å². The van der Waals surface area contributed by atoms with Gasteiger partial charge in [0, 0.05) is 26.3 Å². The smallest absolute Gasteiger partial charge is 0.741 e. The van der Waals surface area contributed by atoms with Gasteiger partial charge in [-0.3, -0.25) is 37.8 Å². The zero-order valence-electron chi connectivity index (χ0n) is 22.0. The van der Waals surface area contributed by atoms with Crippen LogP contribution < -0.4 is 257 Å². The first-order valence-electron chi connectivity index (χ1n) is 6.89. The first kappa shape index (κ1) is 63.1. The van der Waals surface area contributed by atoms with E-state index in [4.69, 9.17) is 98.0 Å². The molecule has 4 N–H and O–H groups in total. The minimum Gasteiger partial charge on any atom is -0.741 e. The van der Waals surface area contributed by atoms with Crippen LogP contribution in [0.15, 0.2) is 27.1 Å². The van der Waals surface area contributed by atoms with Crippen LogP contribution in [0.4, 0.5) is 0 Å². The molecule has 0 radical (unpaired) electrons. The standard InChI is InChI=1S/C4H14N10P6S8.8Na/c1-5-3-6-17(23)11-18(24,14-20(27,28)13-17)8-4-7-16(22)9-15(2,21)10-19(25,26)12-16;;;;;;;;/h5-8H,3-4H2,1-2H3;;;;;;;;/q-8;8*+1. The summed E-state index contributed by atoms with van der Waals surface area (Å²) in [6.07, 6.45) is -2.42. The van der Waals surface area contributed by atoms with Gasteiger partial charge in [0.1, 0.15) is 0 Å². The Bertz CT molecular complexity index is 988. The van der Waals surface area contributed by atoms with Crippen molar-refractivity contribution in [2.45, 2.75) is 0 Å². The quantitative estimate of drug-likeness (QED) is 0.0846. The monoisotopic (exact) mass is 828 g/mol. The van der Waals surface area contributed by atoms with Gasteiger partial charge in [0.2, 0.25) is 0 Å². The second-order valence-corrected chi connectivity index (χ2v) is 31.5. The van der Waals surface area contributed by atoms with Gasteiger partial charge in [-0.2, -0.15) is 11.2 Å². The van der Waals surface area contributed by atoms with Crippen LogP contribution in [0, 0.1) is 0 Å². The van der Waals surface area contributed by atoms with E-state index in [2.05, 4.69) is 47.7 Å². The van der Waals surface area contributed by atoms with Crippen LogP contribution in [0.2, 0.25) is 0 Å². The third-order valence-electron chi connectivity index (χ3n) is 2.54. The van der Waals surface area contributed by atoms with Crippen LogP contribution in [0.1, 0.15) is 0 Å². The molecule has 0 aromatic carbocycles. The van der Waals surface area contributed by atoms with Crippen molar-refractivity contribution in [3.8, 4) is 0 Å². The van der Waals surface area contributed by atoms with Crippen molar-refractivity contribution in [2.24, 2.45) is 27.1 Å². The van der Waals surface area contributed by atoms with Crippen molar-refractivity contribution in [1.82, 2.24) is 20.6 Å². The fourth-order valence-electron chi connectivity index (χ4n) is 1.78. The predicted molar refractivity (Wildman–Crippen MR) is 149 cm³/mol. The summed E-state index contributed by atoms with van der Waals surface area (Å²) in [6, 6.07) is 0. The van der Waals surface area contributed by atoms with Crippen molar-refractivity contribution < 1.29 is 236 Å². The van der Waals surface area contributed by atoms with Crippen LogP contribution in [0.3, 0.4) is 0 Å². The molecule has 10 nitrogen and oxygen atoms in total. The van der Waals surface area contributed by atoms with E-state index in [0.717, 1.165) is 0 Å². The Labute approximate surface area is 435 Å². The molecular weight excluding hydrogens is 814 g/mol. The topological polar surface area (TPSA) is 122 Å². The average molecular weight is 829 g/mol. The number of hydrogen-bond donors (Lipinski definition) is 4. The van der Waals surface area contributed by atoms with Gasteiger partial charge in [0.25, 0.3) is 0 Å². The summed E-state index contributed by atoms with van der Waals surface area (Å²) in [6.45, 7) is -6.19. The van der Waals surface area contributed by atoms with Crippen LogP contribution in [0.5, 0.6) is 0 Å². The molecule has 0 saturated heterocycles. The molecule has 36 heavy (non-hydrogen) atoms. The van der Waals surface area contributed by atoms with Gasteiger partial charge < -0.3 is 108 Å². The summed E-state index contributed by atoms with van der Waals surface area (Å²) < 4.78 is 26.2.